The van der Waals surface area contributed by atoms with Gasteiger partial charge in [0, 0.05) is 32.4 Å². The molecule has 8 nitrogen and oxygen atoms in total. The van der Waals surface area contributed by atoms with Gasteiger partial charge in [-0.3, -0.25) is 18.7 Å². The number of nitrogens with zero attached hydrogens (tertiary/aromatic N) is 5. The summed E-state index contributed by atoms with van der Waals surface area (Å²) in [7, 11) is 4.70. The lowest BCUT2D eigenvalue weighted by atomic mass is 10.1. The van der Waals surface area contributed by atoms with Crippen molar-refractivity contribution in [2.75, 3.05) is 17.7 Å². The lowest BCUT2D eigenvalue weighted by Crippen LogP contribution is -2.37. The number of carbonyl (C=O) groups is 1. The van der Waals surface area contributed by atoms with Crippen molar-refractivity contribution < 1.29 is 4.79 Å². The zero-order valence-corrected chi connectivity index (χ0v) is 20.5. The molecule has 0 aliphatic rings. The van der Waals surface area contributed by atoms with Crippen molar-refractivity contribution in [3.8, 4) is 11.4 Å². The Bertz CT molecular complexity index is 1510. The Balaban J connectivity index is 1.83. The summed E-state index contributed by atoms with van der Waals surface area (Å²) in [5, 5.41) is 0.586. The van der Waals surface area contributed by atoms with Gasteiger partial charge in [0.2, 0.25) is 5.91 Å². The molecule has 0 radical (unpaired) electrons. The second kappa shape index (κ2) is 9.26. The van der Waals surface area contributed by atoms with Gasteiger partial charge >= 0.3 is 5.69 Å². The van der Waals surface area contributed by atoms with Crippen molar-refractivity contribution in [1.82, 2.24) is 19.1 Å². The molecule has 2 aromatic carbocycles. The monoisotopic (exact) mass is 475 g/mol. The van der Waals surface area contributed by atoms with Crippen LogP contribution in [0.3, 0.4) is 0 Å². The second-order valence-corrected chi connectivity index (χ2v) is 9.17. The van der Waals surface area contributed by atoms with E-state index in [1.54, 1.807) is 19.0 Å². The zero-order chi connectivity index (χ0) is 24.6. The van der Waals surface area contributed by atoms with Crippen LogP contribution >= 0.6 is 11.8 Å². The number of hydrogen-bond acceptors (Lipinski definition) is 6. The average Bonchev–Trinajstić information content (AvgIpc) is 2.83. The number of anilines is 1. The van der Waals surface area contributed by atoms with Gasteiger partial charge in [0.25, 0.3) is 5.56 Å². The highest BCUT2D eigenvalue weighted by atomic mass is 32.2. The van der Waals surface area contributed by atoms with Gasteiger partial charge in [-0.25, -0.2) is 14.8 Å². The van der Waals surface area contributed by atoms with Crippen LogP contribution < -0.4 is 16.1 Å². The van der Waals surface area contributed by atoms with E-state index < -0.39 is 11.2 Å². The van der Waals surface area contributed by atoms with Gasteiger partial charge < -0.3 is 4.90 Å². The molecule has 4 rings (SSSR count). The maximum Gasteiger partial charge on any atom is 0.332 e. The van der Waals surface area contributed by atoms with Crippen LogP contribution in [0.15, 0.2) is 63.1 Å². The standard InChI is InChI=1S/C25H25N5O3S/c1-15-11-16(2)13-17(12-15)21-26-22-20(24(32)30(5)25(33)29(22)4)23(27-21)34-14-19(31)28(3)18-9-7-6-8-10-18/h6-13H,14H2,1-5H3. The SMILES string of the molecule is Cc1cc(C)cc(-c2nc(SCC(=O)N(C)c3ccccc3)c3c(=O)n(C)c(=O)n(C)c3n2)c1. The first kappa shape index (κ1) is 23.4. The lowest BCUT2D eigenvalue weighted by molar-refractivity contribution is -0.115. The van der Waals surface area contributed by atoms with E-state index in [1.807, 2.05) is 62.4 Å². The van der Waals surface area contributed by atoms with Gasteiger partial charge in [-0.1, -0.05) is 47.2 Å². The Kier molecular flexibility index (Phi) is 6.39. The smallest absolute Gasteiger partial charge is 0.315 e. The summed E-state index contributed by atoms with van der Waals surface area (Å²) < 4.78 is 2.37. The fourth-order valence-electron chi connectivity index (χ4n) is 3.79. The number of para-hydroxylation sites is 1. The van der Waals surface area contributed by atoms with Crippen molar-refractivity contribution >= 4 is 34.4 Å². The fraction of sp³-hybridized carbons (Fsp3) is 0.240. The number of amides is 1. The number of thioether (sulfide) groups is 1. The highest BCUT2D eigenvalue weighted by Crippen LogP contribution is 2.27. The molecular weight excluding hydrogens is 450 g/mol. The Morgan fingerprint density at radius 3 is 2.26 bits per heavy atom. The average molecular weight is 476 g/mol. The Morgan fingerprint density at radius 1 is 0.971 bits per heavy atom. The van der Waals surface area contributed by atoms with Crippen molar-refractivity contribution in [3.05, 3.63) is 80.5 Å². The second-order valence-electron chi connectivity index (χ2n) is 8.21. The third kappa shape index (κ3) is 4.38. The normalized spacial score (nSPS) is 11.1. The number of benzene rings is 2. The Labute approximate surface area is 200 Å². The first-order chi connectivity index (χ1) is 16.2. The Morgan fingerprint density at radius 2 is 1.62 bits per heavy atom. The molecule has 0 aliphatic carbocycles. The number of aromatic nitrogens is 4. The van der Waals surface area contributed by atoms with Crippen molar-refractivity contribution in [3.63, 3.8) is 0 Å². The van der Waals surface area contributed by atoms with Gasteiger partial charge in [0.05, 0.1) is 5.75 Å². The lowest BCUT2D eigenvalue weighted by Gasteiger charge is -2.17. The molecule has 0 spiro atoms. The molecule has 0 bridgehead atoms. The van der Waals surface area contributed by atoms with E-state index in [-0.39, 0.29) is 22.7 Å². The summed E-state index contributed by atoms with van der Waals surface area (Å²) in [5.74, 6) is 0.321. The minimum atomic E-state index is -0.489. The minimum Gasteiger partial charge on any atom is -0.315 e. The number of aryl methyl sites for hydroxylation is 3. The van der Waals surface area contributed by atoms with E-state index in [1.165, 1.54) is 11.6 Å². The largest absolute Gasteiger partial charge is 0.332 e. The molecule has 0 atom stereocenters. The van der Waals surface area contributed by atoms with Gasteiger partial charge in [0.1, 0.15) is 10.4 Å². The van der Waals surface area contributed by atoms with Crippen molar-refractivity contribution in [2.24, 2.45) is 14.1 Å². The predicted molar refractivity (Wildman–Crippen MR) is 136 cm³/mol. The summed E-state index contributed by atoms with van der Waals surface area (Å²) in [6.45, 7) is 3.97. The van der Waals surface area contributed by atoms with Crippen LogP contribution in [0, 0.1) is 13.8 Å². The molecular formula is C25H25N5O3S. The van der Waals surface area contributed by atoms with Crippen LogP contribution in [0.1, 0.15) is 11.1 Å². The zero-order valence-electron chi connectivity index (χ0n) is 19.7. The number of rotatable bonds is 5. The van der Waals surface area contributed by atoms with Crippen molar-refractivity contribution in [1.29, 1.82) is 0 Å². The van der Waals surface area contributed by atoms with E-state index in [4.69, 9.17) is 0 Å². The molecule has 0 N–H and O–H groups in total. The molecule has 0 fully saturated rings. The summed E-state index contributed by atoms with van der Waals surface area (Å²) >= 11 is 1.16. The van der Waals surface area contributed by atoms with E-state index in [0.717, 1.165) is 38.7 Å². The van der Waals surface area contributed by atoms with E-state index in [0.29, 0.717) is 10.9 Å². The molecule has 4 aromatic rings. The highest BCUT2D eigenvalue weighted by molar-refractivity contribution is 8.00. The van der Waals surface area contributed by atoms with Gasteiger partial charge in [-0.05, 0) is 38.1 Å². The van der Waals surface area contributed by atoms with Crippen LogP contribution in [-0.4, -0.2) is 37.8 Å². The molecule has 9 heteroatoms. The summed E-state index contributed by atoms with van der Waals surface area (Å²) in [6, 6.07) is 15.3. The molecule has 174 valence electrons. The van der Waals surface area contributed by atoms with E-state index >= 15 is 0 Å². The predicted octanol–water partition coefficient (Wildman–Crippen LogP) is 3.07. The van der Waals surface area contributed by atoms with Crippen LogP contribution in [0.25, 0.3) is 22.4 Å². The quantitative estimate of drug-likeness (QED) is 0.326. The maximum absolute atomic E-state index is 13.0. The molecule has 0 unspecified atom stereocenters. The van der Waals surface area contributed by atoms with Crippen LogP contribution in [0.4, 0.5) is 5.69 Å². The molecule has 2 aromatic heterocycles. The summed E-state index contributed by atoms with van der Waals surface area (Å²) in [6.07, 6.45) is 0. The summed E-state index contributed by atoms with van der Waals surface area (Å²) in [5.41, 5.74) is 2.92. The van der Waals surface area contributed by atoms with Crippen LogP contribution in [0.2, 0.25) is 0 Å². The maximum atomic E-state index is 13.0. The number of carbonyl (C=O) groups excluding carboxylic acids is 1. The third-order valence-electron chi connectivity index (χ3n) is 5.60. The van der Waals surface area contributed by atoms with Crippen LogP contribution in [0.5, 0.6) is 0 Å². The third-order valence-corrected chi connectivity index (χ3v) is 6.56. The molecule has 0 aliphatic heterocycles. The van der Waals surface area contributed by atoms with E-state index in [9.17, 15) is 14.4 Å². The van der Waals surface area contributed by atoms with Gasteiger partial charge in [0.15, 0.2) is 11.5 Å². The molecule has 2 heterocycles. The summed E-state index contributed by atoms with van der Waals surface area (Å²) in [4.78, 5) is 49.4. The molecule has 34 heavy (non-hydrogen) atoms. The van der Waals surface area contributed by atoms with Crippen molar-refractivity contribution in [2.45, 2.75) is 18.9 Å². The van der Waals surface area contributed by atoms with Gasteiger partial charge in [-0.2, -0.15) is 0 Å². The topological polar surface area (TPSA) is 90.1 Å². The minimum absolute atomic E-state index is 0.0653. The molecule has 0 saturated heterocycles. The van der Waals surface area contributed by atoms with E-state index in [2.05, 4.69) is 9.97 Å². The molecule has 0 saturated carbocycles. The first-order valence-corrected chi connectivity index (χ1v) is 11.7. The molecule has 1 amide bonds. The van der Waals surface area contributed by atoms with Crippen LogP contribution in [-0.2, 0) is 18.9 Å². The van der Waals surface area contributed by atoms with Gasteiger partial charge in [-0.15, -0.1) is 0 Å². The highest BCUT2D eigenvalue weighted by Gasteiger charge is 2.20. The number of fused-ring (bicyclic) bond motifs is 1. The number of hydrogen-bond donors (Lipinski definition) is 0. The fourth-order valence-corrected chi connectivity index (χ4v) is 4.72. The Hall–Kier alpha value is -3.72. The first-order valence-electron chi connectivity index (χ1n) is 10.7.